The number of nitrogens with zero attached hydrogens (tertiary/aromatic N) is 3. The van der Waals surface area contributed by atoms with Crippen LogP contribution in [-0.2, 0) is 0 Å². The molecule has 0 aliphatic heterocycles. The number of anilines is 2. The summed E-state index contributed by atoms with van der Waals surface area (Å²) in [6.07, 6.45) is 2.51. The smallest absolute Gasteiger partial charge is 0.323 e. The minimum Gasteiger partial charge on any atom is -0.463 e. The van der Waals surface area contributed by atoms with E-state index in [1.54, 1.807) is 6.92 Å². The molecular formula is C14H27N5O2. The third-order valence-electron chi connectivity index (χ3n) is 2.97. The molecule has 0 aliphatic rings. The Bertz CT molecular complexity index is 400. The molecule has 0 fully saturated rings. The topological polar surface area (TPSA) is 92.2 Å². The van der Waals surface area contributed by atoms with Crippen LogP contribution < -0.4 is 15.4 Å². The van der Waals surface area contributed by atoms with Crippen molar-refractivity contribution in [3.05, 3.63) is 0 Å². The van der Waals surface area contributed by atoms with Crippen molar-refractivity contribution in [1.29, 1.82) is 0 Å². The van der Waals surface area contributed by atoms with Gasteiger partial charge in [0.05, 0.1) is 12.2 Å². The van der Waals surface area contributed by atoms with E-state index in [-0.39, 0.29) is 0 Å². The summed E-state index contributed by atoms with van der Waals surface area (Å²) < 4.78 is 5.47. The second-order valence-electron chi connectivity index (χ2n) is 5.24. The molecule has 0 spiro atoms. The summed E-state index contributed by atoms with van der Waals surface area (Å²) in [6.45, 7) is 9.50. The maximum Gasteiger partial charge on any atom is 0.323 e. The van der Waals surface area contributed by atoms with Gasteiger partial charge in [-0.2, -0.15) is 15.0 Å². The van der Waals surface area contributed by atoms with Crippen LogP contribution in [0.15, 0.2) is 0 Å². The molecular weight excluding hydrogens is 270 g/mol. The second-order valence-corrected chi connectivity index (χ2v) is 5.24. The standard InChI is InChI=1S/C14H27N5O2/c1-5-8-15-11-17-12(16-10-14(4,20)7-3)19-13(18-11)21-9-6-2/h20H,5-10H2,1-4H3,(H2,15,16,17,18,19). The van der Waals surface area contributed by atoms with Gasteiger partial charge in [-0.1, -0.05) is 20.8 Å². The lowest BCUT2D eigenvalue weighted by molar-refractivity contribution is 0.0695. The van der Waals surface area contributed by atoms with Gasteiger partial charge in [-0.15, -0.1) is 0 Å². The van der Waals surface area contributed by atoms with Crippen LogP contribution in [0.2, 0.25) is 0 Å². The molecule has 0 amide bonds. The Kier molecular flexibility index (Phi) is 7.14. The Hall–Kier alpha value is -1.63. The molecule has 1 aromatic rings. The van der Waals surface area contributed by atoms with Crippen LogP contribution >= 0.6 is 0 Å². The Morgan fingerprint density at radius 1 is 1.05 bits per heavy atom. The molecule has 3 N–H and O–H groups in total. The van der Waals surface area contributed by atoms with Crippen molar-refractivity contribution in [2.45, 2.75) is 52.6 Å². The third-order valence-corrected chi connectivity index (χ3v) is 2.97. The molecule has 0 saturated heterocycles. The minimum absolute atomic E-state index is 0.295. The van der Waals surface area contributed by atoms with Gasteiger partial charge in [-0.25, -0.2) is 0 Å². The monoisotopic (exact) mass is 297 g/mol. The number of rotatable bonds is 10. The Balaban J connectivity index is 2.79. The first-order valence-electron chi connectivity index (χ1n) is 7.59. The number of hydrogen-bond donors (Lipinski definition) is 3. The van der Waals surface area contributed by atoms with Gasteiger partial charge in [-0.05, 0) is 26.2 Å². The van der Waals surface area contributed by atoms with Crippen molar-refractivity contribution < 1.29 is 9.84 Å². The van der Waals surface area contributed by atoms with E-state index in [0.29, 0.717) is 37.5 Å². The summed E-state index contributed by atoms with van der Waals surface area (Å²) in [7, 11) is 0. The largest absolute Gasteiger partial charge is 0.463 e. The van der Waals surface area contributed by atoms with E-state index in [4.69, 9.17) is 4.74 Å². The molecule has 0 aromatic carbocycles. The van der Waals surface area contributed by atoms with E-state index in [9.17, 15) is 5.11 Å². The summed E-state index contributed by atoms with van der Waals surface area (Å²) in [5, 5.41) is 16.2. The lowest BCUT2D eigenvalue weighted by Gasteiger charge is -2.21. The Morgan fingerprint density at radius 2 is 1.71 bits per heavy atom. The summed E-state index contributed by atoms with van der Waals surface area (Å²) in [5.41, 5.74) is -0.798. The van der Waals surface area contributed by atoms with Crippen LogP contribution in [-0.4, -0.2) is 45.4 Å². The molecule has 0 bridgehead atoms. The highest BCUT2D eigenvalue weighted by Crippen LogP contribution is 2.14. The number of aromatic nitrogens is 3. The van der Waals surface area contributed by atoms with E-state index in [1.807, 2.05) is 13.8 Å². The molecule has 0 radical (unpaired) electrons. The Morgan fingerprint density at radius 3 is 2.29 bits per heavy atom. The molecule has 120 valence electrons. The molecule has 1 aromatic heterocycles. The van der Waals surface area contributed by atoms with Gasteiger partial charge >= 0.3 is 6.01 Å². The van der Waals surface area contributed by atoms with Gasteiger partial charge in [0.2, 0.25) is 11.9 Å². The summed E-state index contributed by atoms with van der Waals surface area (Å²) in [4.78, 5) is 12.7. The first-order chi connectivity index (χ1) is 10.0. The van der Waals surface area contributed by atoms with Crippen LogP contribution in [0.4, 0.5) is 11.9 Å². The van der Waals surface area contributed by atoms with E-state index in [0.717, 1.165) is 19.4 Å². The maximum absolute atomic E-state index is 10.0. The molecule has 0 aliphatic carbocycles. The van der Waals surface area contributed by atoms with Crippen LogP contribution in [0, 0.1) is 0 Å². The van der Waals surface area contributed by atoms with E-state index in [1.165, 1.54) is 0 Å². The highest BCUT2D eigenvalue weighted by Gasteiger charge is 2.18. The second kappa shape index (κ2) is 8.61. The molecule has 0 saturated carbocycles. The molecule has 21 heavy (non-hydrogen) atoms. The zero-order chi connectivity index (χ0) is 15.7. The fourth-order valence-electron chi connectivity index (χ4n) is 1.40. The van der Waals surface area contributed by atoms with Crippen molar-refractivity contribution in [3.8, 4) is 6.01 Å². The van der Waals surface area contributed by atoms with Crippen molar-refractivity contribution >= 4 is 11.9 Å². The SMILES string of the molecule is CCCNc1nc(NCC(C)(O)CC)nc(OCCC)n1. The molecule has 7 nitrogen and oxygen atoms in total. The average Bonchev–Trinajstić information content (AvgIpc) is 2.49. The highest BCUT2D eigenvalue weighted by atomic mass is 16.5. The lowest BCUT2D eigenvalue weighted by Crippen LogP contribution is -2.33. The predicted octanol–water partition coefficient (Wildman–Crippen LogP) is 2.06. The van der Waals surface area contributed by atoms with Gasteiger partial charge in [0, 0.05) is 13.1 Å². The van der Waals surface area contributed by atoms with Crippen LogP contribution in [0.5, 0.6) is 6.01 Å². The van der Waals surface area contributed by atoms with Crippen LogP contribution in [0.1, 0.15) is 47.0 Å². The minimum atomic E-state index is -0.798. The fourth-order valence-corrected chi connectivity index (χ4v) is 1.40. The normalized spacial score (nSPS) is 13.6. The predicted molar refractivity (Wildman–Crippen MR) is 83.8 cm³/mol. The lowest BCUT2D eigenvalue weighted by atomic mass is 10.0. The van der Waals surface area contributed by atoms with Crippen molar-refractivity contribution in [2.24, 2.45) is 0 Å². The summed E-state index contributed by atoms with van der Waals surface area (Å²) in [6, 6.07) is 0.295. The van der Waals surface area contributed by atoms with Gasteiger partial charge < -0.3 is 20.5 Å². The zero-order valence-corrected chi connectivity index (χ0v) is 13.4. The van der Waals surface area contributed by atoms with E-state index in [2.05, 4.69) is 32.5 Å². The fraction of sp³-hybridized carbons (Fsp3) is 0.786. The van der Waals surface area contributed by atoms with Crippen molar-refractivity contribution in [2.75, 3.05) is 30.3 Å². The van der Waals surface area contributed by atoms with Crippen LogP contribution in [0.3, 0.4) is 0 Å². The quantitative estimate of drug-likeness (QED) is 0.608. The Labute approximate surface area is 126 Å². The van der Waals surface area contributed by atoms with Crippen molar-refractivity contribution in [3.63, 3.8) is 0 Å². The first kappa shape index (κ1) is 17.4. The third kappa shape index (κ3) is 6.57. The highest BCUT2D eigenvalue weighted by molar-refractivity contribution is 5.36. The van der Waals surface area contributed by atoms with Crippen molar-refractivity contribution in [1.82, 2.24) is 15.0 Å². The number of aliphatic hydroxyl groups is 1. The average molecular weight is 297 g/mol. The first-order valence-corrected chi connectivity index (χ1v) is 7.59. The zero-order valence-electron chi connectivity index (χ0n) is 13.4. The number of hydrogen-bond acceptors (Lipinski definition) is 7. The molecule has 1 unspecified atom stereocenters. The number of nitrogens with one attached hydrogen (secondary N) is 2. The number of ether oxygens (including phenoxy) is 1. The molecule has 1 rings (SSSR count). The van der Waals surface area contributed by atoms with E-state index < -0.39 is 5.60 Å². The summed E-state index contributed by atoms with van der Waals surface area (Å²) >= 11 is 0. The van der Waals surface area contributed by atoms with Gasteiger partial charge in [0.1, 0.15) is 0 Å². The van der Waals surface area contributed by atoms with Gasteiger partial charge in [-0.3, -0.25) is 0 Å². The van der Waals surface area contributed by atoms with Crippen LogP contribution in [0.25, 0.3) is 0 Å². The van der Waals surface area contributed by atoms with Gasteiger partial charge in [0.25, 0.3) is 0 Å². The molecule has 1 heterocycles. The summed E-state index contributed by atoms with van der Waals surface area (Å²) in [5.74, 6) is 0.889. The maximum atomic E-state index is 10.0. The van der Waals surface area contributed by atoms with Gasteiger partial charge in [0.15, 0.2) is 0 Å². The molecule has 7 heteroatoms. The van der Waals surface area contributed by atoms with E-state index >= 15 is 0 Å². The molecule has 1 atom stereocenters.